The number of H-pyrrole nitrogens is 1. The Morgan fingerprint density at radius 1 is 1.00 bits per heavy atom. The van der Waals surface area contributed by atoms with Gasteiger partial charge in [0.1, 0.15) is 5.75 Å². The number of aromatic nitrogens is 4. The zero-order valence-electron chi connectivity index (χ0n) is 20.0. The minimum atomic E-state index is -0.475. The van der Waals surface area contributed by atoms with Gasteiger partial charge in [-0.1, -0.05) is 42.5 Å². The number of benzene rings is 2. The van der Waals surface area contributed by atoms with Crippen molar-refractivity contribution in [1.82, 2.24) is 24.0 Å². The summed E-state index contributed by atoms with van der Waals surface area (Å²) in [5, 5.41) is 3.57. The third-order valence-corrected chi connectivity index (χ3v) is 6.68. The third kappa shape index (κ3) is 4.85. The van der Waals surface area contributed by atoms with E-state index in [4.69, 9.17) is 9.72 Å². The first kappa shape index (κ1) is 22.9. The van der Waals surface area contributed by atoms with Crippen molar-refractivity contribution in [2.24, 2.45) is 7.05 Å². The number of ether oxygens (including phenoxy) is 1. The van der Waals surface area contributed by atoms with Gasteiger partial charge in [-0.25, -0.2) is 4.79 Å². The highest BCUT2D eigenvalue weighted by molar-refractivity contribution is 5.74. The molecule has 35 heavy (non-hydrogen) atoms. The average Bonchev–Trinajstić information content (AvgIpc) is 3.23. The van der Waals surface area contributed by atoms with E-state index < -0.39 is 11.2 Å². The Hall–Kier alpha value is -3.85. The van der Waals surface area contributed by atoms with Crippen LogP contribution in [-0.4, -0.2) is 50.2 Å². The maximum atomic E-state index is 12.8. The van der Waals surface area contributed by atoms with Gasteiger partial charge in [-0.2, -0.15) is 4.98 Å². The number of anilines is 1. The average molecular weight is 475 g/mol. The Balaban J connectivity index is 1.39. The Kier molecular flexibility index (Phi) is 6.41. The van der Waals surface area contributed by atoms with Gasteiger partial charge in [0.15, 0.2) is 11.2 Å². The summed E-state index contributed by atoms with van der Waals surface area (Å²) in [6, 6.07) is 18.5. The standard InChI is InChI=1S/C26H30N6O3/c1-30-23-22(24(33)29-26(30)34)32(17-19-8-10-21(35-2)11-9-19)25(28-23)27-20-12-14-31(15-13-20)16-18-6-4-3-5-7-18/h3-11,20H,12-17H2,1-2H3,(H,27,28)(H,29,33,34). The molecule has 2 N–H and O–H groups in total. The molecule has 0 radical (unpaired) electrons. The molecule has 5 rings (SSSR count). The molecule has 182 valence electrons. The van der Waals surface area contributed by atoms with Crippen molar-refractivity contribution < 1.29 is 4.74 Å². The van der Waals surface area contributed by atoms with Crippen molar-refractivity contribution in [1.29, 1.82) is 0 Å². The molecule has 0 saturated carbocycles. The van der Waals surface area contributed by atoms with Crippen molar-refractivity contribution in [2.45, 2.75) is 32.0 Å². The van der Waals surface area contributed by atoms with Crippen molar-refractivity contribution in [3.05, 3.63) is 86.6 Å². The molecular weight excluding hydrogens is 444 g/mol. The molecule has 0 atom stereocenters. The number of fused-ring (bicyclic) bond motifs is 1. The number of hydrogen-bond donors (Lipinski definition) is 2. The minimum absolute atomic E-state index is 0.226. The first-order valence-corrected chi connectivity index (χ1v) is 11.9. The summed E-state index contributed by atoms with van der Waals surface area (Å²) in [7, 11) is 3.25. The lowest BCUT2D eigenvalue weighted by molar-refractivity contribution is 0.211. The van der Waals surface area contributed by atoms with E-state index in [0.717, 1.165) is 43.8 Å². The number of piperidine rings is 1. The molecule has 0 aliphatic carbocycles. The third-order valence-electron chi connectivity index (χ3n) is 6.68. The number of aryl methyl sites for hydroxylation is 1. The lowest BCUT2D eigenvalue weighted by atomic mass is 10.0. The Labute approximate surface area is 203 Å². The molecule has 9 heteroatoms. The molecule has 0 amide bonds. The largest absolute Gasteiger partial charge is 0.497 e. The first-order chi connectivity index (χ1) is 17.0. The maximum Gasteiger partial charge on any atom is 0.329 e. The van der Waals surface area contributed by atoms with Gasteiger partial charge in [0.2, 0.25) is 5.95 Å². The van der Waals surface area contributed by atoms with Gasteiger partial charge in [0, 0.05) is 32.7 Å². The predicted octanol–water partition coefficient (Wildman–Crippen LogP) is 2.56. The zero-order chi connectivity index (χ0) is 24.4. The molecule has 0 unspecified atom stereocenters. The molecule has 2 aromatic carbocycles. The Morgan fingerprint density at radius 2 is 1.69 bits per heavy atom. The van der Waals surface area contributed by atoms with Crippen LogP contribution < -0.4 is 21.3 Å². The van der Waals surface area contributed by atoms with Crippen LogP contribution in [0.25, 0.3) is 11.2 Å². The van der Waals surface area contributed by atoms with E-state index in [9.17, 15) is 9.59 Å². The molecule has 1 fully saturated rings. The summed E-state index contributed by atoms with van der Waals surface area (Å²) >= 11 is 0. The van der Waals surface area contributed by atoms with Crippen molar-refractivity contribution in [3.8, 4) is 5.75 Å². The summed E-state index contributed by atoms with van der Waals surface area (Å²) < 4.78 is 8.52. The molecule has 2 aromatic heterocycles. The van der Waals surface area contributed by atoms with Gasteiger partial charge >= 0.3 is 5.69 Å². The van der Waals surface area contributed by atoms with Crippen LogP contribution in [0, 0.1) is 0 Å². The molecule has 4 aromatic rings. The van der Waals surface area contributed by atoms with Crippen LogP contribution in [0.5, 0.6) is 5.75 Å². The highest BCUT2D eigenvalue weighted by Gasteiger charge is 2.23. The SMILES string of the molecule is COc1ccc(Cn2c(NC3CCN(Cc4ccccc4)CC3)nc3c2c(=O)[nH]c(=O)n3C)cc1. The fraction of sp³-hybridized carbons (Fsp3) is 0.346. The van der Waals surface area contributed by atoms with Crippen molar-refractivity contribution in [3.63, 3.8) is 0 Å². The lowest BCUT2D eigenvalue weighted by Crippen LogP contribution is -2.39. The number of rotatable bonds is 7. The number of methoxy groups -OCH3 is 1. The molecule has 0 spiro atoms. The van der Waals surface area contributed by atoms with Gasteiger partial charge in [-0.05, 0) is 36.1 Å². The Bertz CT molecular complexity index is 1410. The minimum Gasteiger partial charge on any atom is -0.497 e. The van der Waals surface area contributed by atoms with Crippen LogP contribution in [0.3, 0.4) is 0 Å². The highest BCUT2D eigenvalue weighted by Crippen LogP contribution is 2.23. The number of nitrogens with zero attached hydrogens (tertiary/aromatic N) is 4. The number of likely N-dealkylation sites (tertiary alicyclic amines) is 1. The topological polar surface area (TPSA) is 97.2 Å². The normalized spacial score (nSPS) is 14.9. The first-order valence-electron chi connectivity index (χ1n) is 11.9. The molecular formula is C26H30N6O3. The van der Waals surface area contributed by atoms with Gasteiger partial charge in [-0.3, -0.25) is 23.8 Å². The molecule has 1 saturated heterocycles. The van der Waals surface area contributed by atoms with Crippen molar-refractivity contribution >= 4 is 17.1 Å². The number of hydrogen-bond acceptors (Lipinski definition) is 6. The fourth-order valence-electron chi connectivity index (χ4n) is 4.67. The maximum absolute atomic E-state index is 12.8. The van der Waals surface area contributed by atoms with Gasteiger partial charge in [0.25, 0.3) is 5.56 Å². The van der Waals surface area contributed by atoms with Gasteiger partial charge in [0.05, 0.1) is 13.7 Å². The molecule has 1 aliphatic heterocycles. The van der Waals surface area contributed by atoms with E-state index in [-0.39, 0.29) is 6.04 Å². The number of nitrogens with one attached hydrogen (secondary N) is 2. The highest BCUT2D eigenvalue weighted by atomic mass is 16.5. The van der Waals surface area contributed by atoms with E-state index in [2.05, 4.69) is 39.5 Å². The lowest BCUT2D eigenvalue weighted by Gasteiger charge is -2.32. The van der Waals surface area contributed by atoms with Crippen LogP contribution in [-0.2, 0) is 20.1 Å². The smallest absolute Gasteiger partial charge is 0.329 e. The second-order valence-electron chi connectivity index (χ2n) is 9.04. The number of imidazole rings is 1. The van der Waals surface area contributed by atoms with Gasteiger partial charge < -0.3 is 10.1 Å². The second kappa shape index (κ2) is 9.79. The zero-order valence-corrected chi connectivity index (χ0v) is 20.0. The molecule has 3 heterocycles. The van der Waals surface area contributed by atoms with E-state index >= 15 is 0 Å². The quantitative estimate of drug-likeness (QED) is 0.427. The fourth-order valence-corrected chi connectivity index (χ4v) is 4.67. The van der Waals surface area contributed by atoms with Crippen LogP contribution in [0.1, 0.15) is 24.0 Å². The summed E-state index contributed by atoms with van der Waals surface area (Å²) in [4.78, 5) is 34.6. The van der Waals surface area contributed by atoms with E-state index in [1.807, 2.05) is 34.9 Å². The predicted molar refractivity (Wildman–Crippen MR) is 136 cm³/mol. The van der Waals surface area contributed by atoms with E-state index in [1.54, 1.807) is 14.2 Å². The van der Waals surface area contributed by atoms with E-state index in [0.29, 0.717) is 23.7 Å². The van der Waals surface area contributed by atoms with Crippen LogP contribution in [0.2, 0.25) is 0 Å². The van der Waals surface area contributed by atoms with E-state index in [1.165, 1.54) is 10.1 Å². The van der Waals surface area contributed by atoms with Crippen LogP contribution >= 0.6 is 0 Å². The van der Waals surface area contributed by atoms with Crippen molar-refractivity contribution in [2.75, 3.05) is 25.5 Å². The van der Waals surface area contributed by atoms with Gasteiger partial charge in [-0.15, -0.1) is 0 Å². The molecule has 0 bridgehead atoms. The molecule has 9 nitrogen and oxygen atoms in total. The second-order valence-corrected chi connectivity index (χ2v) is 9.04. The summed E-state index contributed by atoms with van der Waals surface area (Å²) in [6.07, 6.45) is 1.93. The monoisotopic (exact) mass is 474 g/mol. The Morgan fingerprint density at radius 3 is 2.37 bits per heavy atom. The van der Waals surface area contributed by atoms with Crippen LogP contribution in [0.4, 0.5) is 5.95 Å². The number of aromatic amines is 1. The summed E-state index contributed by atoms with van der Waals surface area (Å²) in [5.74, 6) is 1.37. The summed E-state index contributed by atoms with van der Waals surface area (Å²) in [5.41, 5.74) is 2.16. The summed E-state index contributed by atoms with van der Waals surface area (Å²) in [6.45, 7) is 3.34. The van der Waals surface area contributed by atoms with Crippen LogP contribution in [0.15, 0.2) is 64.2 Å². The molecule has 1 aliphatic rings.